The summed E-state index contributed by atoms with van der Waals surface area (Å²) in [5.41, 5.74) is 2.70. The second kappa shape index (κ2) is 3.69. The number of rotatable bonds is 2. The quantitative estimate of drug-likeness (QED) is 0.744. The average molecular weight is 243 g/mol. The fraction of sp³-hybridized carbons (Fsp3) is 0.0833. The molecule has 0 saturated heterocycles. The second-order valence-corrected chi connectivity index (χ2v) is 3.88. The summed E-state index contributed by atoms with van der Waals surface area (Å²) in [5, 5.41) is 12.8. The van der Waals surface area contributed by atoms with Crippen LogP contribution < -0.4 is 0 Å². The van der Waals surface area contributed by atoms with Crippen molar-refractivity contribution in [3.63, 3.8) is 0 Å². The maximum absolute atomic E-state index is 11.1. The minimum atomic E-state index is -1.13. The van der Waals surface area contributed by atoms with E-state index < -0.39 is 5.97 Å². The molecule has 90 valence electrons. The number of hydrogen-bond donors (Lipinski definition) is 1. The van der Waals surface area contributed by atoms with E-state index in [2.05, 4.69) is 10.1 Å². The zero-order chi connectivity index (χ0) is 12.7. The molecule has 0 aliphatic heterocycles. The number of nitrogens with zero attached hydrogens (tertiary/aromatic N) is 3. The van der Waals surface area contributed by atoms with Crippen molar-refractivity contribution in [3.8, 4) is 11.1 Å². The lowest BCUT2D eigenvalue weighted by Gasteiger charge is -1.99. The Hall–Kier alpha value is -2.63. The molecule has 18 heavy (non-hydrogen) atoms. The summed E-state index contributed by atoms with van der Waals surface area (Å²) in [6.45, 7) is 1.72. The first-order valence-electron chi connectivity index (χ1n) is 5.29. The summed E-state index contributed by atoms with van der Waals surface area (Å²) in [6, 6.07) is 3.64. The number of aromatic carboxylic acids is 1. The predicted molar refractivity (Wildman–Crippen MR) is 62.4 cm³/mol. The van der Waals surface area contributed by atoms with Gasteiger partial charge in [-0.15, -0.1) is 0 Å². The van der Waals surface area contributed by atoms with Crippen LogP contribution in [0.15, 0.2) is 35.4 Å². The Kier molecular flexibility index (Phi) is 2.16. The molecule has 1 N–H and O–H groups in total. The largest absolute Gasteiger partial charge is 0.475 e. The zero-order valence-electron chi connectivity index (χ0n) is 9.49. The molecule has 0 amide bonds. The van der Waals surface area contributed by atoms with Crippen LogP contribution in [0.2, 0.25) is 0 Å². The van der Waals surface area contributed by atoms with E-state index >= 15 is 0 Å². The first kappa shape index (κ1) is 10.5. The van der Waals surface area contributed by atoms with E-state index in [1.807, 2.05) is 22.7 Å². The third-order valence-electron chi connectivity index (χ3n) is 2.79. The molecule has 0 bridgehead atoms. The summed E-state index contributed by atoms with van der Waals surface area (Å²) in [4.78, 5) is 15.1. The molecule has 6 heteroatoms. The van der Waals surface area contributed by atoms with Gasteiger partial charge in [-0.05, 0) is 19.1 Å². The van der Waals surface area contributed by atoms with E-state index in [1.54, 1.807) is 19.4 Å². The Morgan fingerprint density at radius 3 is 3.06 bits per heavy atom. The molecule has 6 nitrogen and oxygen atoms in total. The Labute approximate surface area is 101 Å². The van der Waals surface area contributed by atoms with Gasteiger partial charge < -0.3 is 14.0 Å². The van der Waals surface area contributed by atoms with Crippen molar-refractivity contribution in [3.05, 3.63) is 42.3 Å². The van der Waals surface area contributed by atoms with Gasteiger partial charge >= 0.3 is 5.97 Å². The fourth-order valence-corrected chi connectivity index (χ4v) is 2.00. The van der Waals surface area contributed by atoms with Crippen molar-refractivity contribution in [1.82, 2.24) is 14.5 Å². The number of carbonyl (C=O) groups is 1. The molecule has 0 aromatic carbocycles. The fourth-order valence-electron chi connectivity index (χ4n) is 2.00. The molecule has 0 spiro atoms. The topological polar surface area (TPSA) is 80.6 Å². The SMILES string of the molecule is Cc1noc(C(=O)O)c1-c1ccn2cnccc12. The van der Waals surface area contributed by atoms with Gasteiger partial charge in [0.25, 0.3) is 5.76 Å². The van der Waals surface area contributed by atoms with Crippen LogP contribution in [0.25, 0.3) is 16.6 Å². The van der Waals surface area contributed by atoms with E-state index in [0.29, 0.717) is 11.3 Å². The highest BCUT2D eigenvalue weighted by molar-refractivity contribution is 5.97. The predicted octanol–water partition coefficient (Wildman–Crippen LogP) is 2.00. The van der Waals surface area contributed by atoms with Crippen molar-refractivity contribution in [2.75, 3.05) is 0 Å². The average Bonchev–Trinajstić information content (AvgIpc) is 2.92. The molecular weight excluding hydrogens is 234 g/mol. The number of fused-ring (bicyclic) bond motifs is 1. The summed E-state index contributed by atoms with van der Waals surface area (Å²) in [7, 11) is 0. The molecule has 0 saturated carbocycles. The van der Waals surface area contributed by atoms with Crippen molar-refractivity contribution in [2.45, 2.75) is 6.92 Å². The third kappa shape index (κ3) is 1.39. The number of hydrogen-bond acceptors (Lipinski definition) is 4. The van der Waals surface area contributed by atoms with E-state index in [0.717, 1.165) is 11.1 Å². The van der Waals surface area contributed by atoms with Crippen molar-refractivity contribution >= 4 is 11.5 Å². The van der Waals surface area contributed by atoms with Crippen LogP contribution in [0.3, 0.4) is 0 Å². The van der Waals surface area contributed by atoms with Crippen LogP contribution >= 0.6 is 0 Å². The zero-order valence-corrected chi connectivity index (χ0v) is 9.49. The molecule has 3 aromatic rings. The molecule has 0 unspecified atom stereocenters. The minimum absolute atomic E-state index is 0.141. The molecule has 0 radical (unpaired) electrons. The maximum atomic E-state index is 11.1. The normalized spacial score (nSPS) is 10.9. The van der Waals surface area contributed by atoms with Gasteiger partial charge in [0.1, 0.15) is 0 Å². The molecule has 3 aromatic heterocycles. The Bertz CT molecular complexity index is 742. The highest BCUT2D eigenvalue weighted by Gasteiger charge is 2.22. The van der Waals surface area contributed by atoms with Gasteiger partial charge in [0.15, 0.2) is 0 Å². The molecule has 0 aliphatic rings. The molecule has 3 heterocycles. The Balaban J connectivity index is 2.33. The highest BCUT2D eigenvalue weighted by atomic mass is 16.5. The van der Waals surface area contributed by atoms with Gasteiger partial charge in [-0.25, -0.2) is 9.78 Å². The number of carboxylic acids is 1. The second-order valence-electron chi connectivity index (χ2n) is 3.88. The van der Waals surface area contributed by atoms with E-state index in [9.17, 15) is 4.79 Å². The highest BCUT2D eigenvalue weighted by Crippen LogP contribution is 2.31. The lowest BCUT2D eigenvalue weighted by molar-refractivity contribution is 0.0653. The van der Waals surface area contributed by atoms with Crippen molar-refractivity contribution in [2.24, 2.45) is 0 Å². The van der Waals surface area contributed by atoms with E-state index in [1.165, 1.54) is 0 Å². The summed E-state index contributed by atoms with van der Waals surface area (Å²) in [6.07, 6.45) is 5.12. The van der Waals surface area contributed by atoms with Crippen LogP contribution in [0.1, 0.15) is 16.2 Å². The third-order valence-corrected chi connectivity index (χ3v) is 2.79. The van der Waals surface area contributed by atoms with Gasteiger partial charge in [-0.3, -0.25) is 0 Å². The van der Waals surface area contributed by atoms with Gasteiger partial charge in [-0.2, -0.15) is 0 Å². The maximum Gasteiger partial charge on any atom is 0.375 e. The van der Waals surface area contributed by atoms with Crippen LogP contribution in [0.4, 0.5) is 0 Å². The van der Waals surface area contributed by atoms with Crippen LogP contribution in [-0.4, -0.2) is 25.6 Å². The van der Waals surface area contributed by atoms with Crippen LogP contribution in [0.5, 0.6) is 0 Å². The molecule has 3 rings (SSSR count). The number of aryl methyl sites for hydroxylation is 1. The summed E-state index contributed by atoms with van der Waals surface area (Å²) in [5.74, 6) is -1.27. The summed E-state index contributed by atoms with van der Waals surface area (Å²) >= 11 is 0. The summed E-state index contributed by atoms with van der Waals surface area (Å²) < 4.78 is 6.67. The van der Waals surface area contributed by atoms with Crippen LogP contribution in [-0.2, 0) is 0 Å². The van der Waals surface area contributed by atoms with Gasteiger partial charge in [0.2, 0.25) is 0 Å². The molecule has 0 atom stereocenters. The monoisotopic (exact) mass is 243 g/mol. The lowest BCUT2D eigenvalue weighted by atomic mass is 10.1. The number of carboxylic acid groups (broad SMARTS) is 1. The van der Waals surface area contributed by atoms with Crippen molar-refractivity contribution in [1.29, 1.82) is 0 Å². The first-order chi connectivity index (χ1) is 8.68. The minimum Gasteiger partial charge on any atom is -0.475 e. The lowest BCUT2D eigenvalue weighted by Crippen LogP contribution is -1.96. The number of aromatic nitrogens is 3. The van der Waals surface area contributed by atoms with Crippen LogP contribution in [0, 0.1) is 6.92 Å². The molecule has 0 fully saturated rings. The Morgan fingerprint density at radius 1 is 1.44 bits per heavy atom. The standard InChI is InChI=1S/C12H9N3O3/c1-7-10(11(12(16)17)18-14-7)8-3-5-15-6-13-4-2-9(8)15/h2-6H,1H3,(H,16,17). The Morgan fingerprint density at radius 2 is 2.28 bits per heavy atom. The molecule has 0 aliphatic carbocycles. The van der Waals surface area contributed by atoms with Crippen molar-refractivity contribution < 1.29 is 14.4 Å². The van der Waals surface area contributed by atoms with E-state index in [4.69, 9.17) is 9.63 Å². The van der Waals surface area contributed by atoms with E-state index in [-0.39, 0.29) is 5.76 Å². The molecular formula is C12H9N3O3. The first-order valence-corrected chi connectivity index (χ1v) is 5.29. The van der Waals surface area contributed by atoms with Gasteiger partial charge in [0.05, 0.1) is 23.1 Å². The van der Waals surface area contributed by atoms with Gasteiger partial charge in [0, 0.05) is 18.0 Å². The van der Waals surface area contributed by atoms with Gasteiger partial charge in [-0.1, -0.05) is 5.16 Å². The smallest absolute Gasteiger partial charge is 0.375 e.